The largest absolute Gasteiger partial charge is 0.463 e. The van der Waals surface area contributed by atoms with E-state index in [-0.39, 0.29) is 28.9 Å². The van der Waals surface area contributed by atoms with Gasteiger partial charge in [0.2, 0.25) is 0 Å². The highest BCUT2D eigenvalue weighted by Crippen LogP contribution is 2.66. The van der Waals surface area contributed by atoms with E-state index in [2.05, 4.69) is 59.8 Å². The maximum absolute atomic E-state index is 12.3. The highest BCUT2D eigenvalue weighted by atomic mass is 16.5. The molecule has 200 valence electrons. The molecule has 8 atom stereocenters. The molecule has 4 nitrogen and oxygen atoms in total. The van der Waals surface area contributed by atoms with Crippen LogP contribution in [0.25, 0.3) is 0 Å². The van der Waals surface area contributed by atoms with Crippen molar-refractivity contribution in [2.45, 2.75) is 106 Å². The van der Waals surface area contributed by atoms with E-state index in [1.807, 2.05) is 0 Å². The van der Waals surface area contributed by atoms with Crippen molar-refractivity contribution < 1.29 is 19.1 Å². The van der Waals surface area contributed by atoms with Crippen LogP contribution in [0.2, 0.25) is 0 Å². The standard InChI is InChI=1S/C32H48O4/c1-19(2)20(3)9-10-21(4)27-13-14-28-26-12-11-24-17-25(35-22(5)33)15-16-31(24,7)30(26)29(36-23(6)34)18-32(27,28)8/h9-10,12,19-21,24-25,27-28H,11,13-18H2,1-8H3/b10-9+/t20-,21+,24-,25+,27+,28-,31-,32+/m0/s1. The minimum Gasteiger partial charge on any atom is -0.463 e. The minimum atomic E-state index is -0.216. The lowest BCUT2D eigenvalue weighted by molar-refractivity contribution is -0.150. The van der Waals surface area contributed by atoms with Gasteiger partial charge in [0, 0.05) is 20.3 Å². The normalized spacial score (nSPS) is 37.6. The Hall–Kier alpha value is -1.84. The average molecular weight is 497 g/mol. The van der Waals surface area contributed by atoms with Gasteiger partial charge in [0.25, 0.3) is 0 Å². The summed E-state index contributed by atoms with van der Waals surface area (Å²) in [5.74, 6) is 3.71. The van der Waals surface area contributed by atoms with E-state index in [1.54, 1.807) is 0 Å². The van der Waals surface area contributed by atoms with Gasteiger partial charge in [-0.1, -0.05) is 59.8 Å². The lowest BCUT2D eigenvalue weighted by atomic mass is 9.51. The van der Waals surface area contributed by atoms with E-state index in [0.29, 0.717) is 35.5 Å². The van der Waals surface area contributed by atoms with Gasteiger partial charge >= 0.3 is 11.9 Å². The molecule has 2 saturated carbocycles. The summed E-state index contributed by atoms with van der Waals surface area (Å²) in [7, 11) is 0. The Bertz CT molecular complexity index is 971. The van der Waals surface area contributed by atoms with Crippen molar-refractivity contribution in [2.24, 2.45) is 46.3 Å². The fourth-order valence-corrected chi connectivity index (χ4v) is 8.18. The van der Waals surface area contributed by atoms with Gasteiger partial charge in [-0.15, -0.1) is 0 Å². The van der Waals surface area contributed by atoms with E-state index in [4.69, 9.17) is 9.47 Å². The molecule has 4 rings (SSSR count). The Morgan fingerprint density at radius 2 is 1.75 bits per heavy atom. The summed E-state index contributed by atoms with van der Waals surface area (Å²) in [5, 5.41) is 0. The molecule has 2 fully saturated rings. The Morgan fingerprint density at radius 3 is 2.39 bits per heavy atom. The summed E-state index contributed by atoms with van der Waals surface area (Å²) < 4.78 is 11.7. The molecule has 0 saturated heterocycles. The van der Waals surface area contributed by atoms with Crippen molar-refractivity contribution in [3.05, 3.63) is 35.1 Å². The summed E-state index contributed by atoms with van der Waals surface area (Å²) in [4.78, 5) is 23.9. The fraction of sp³-hybridized carbons (Fsp3) is 0.750. The summed E-state index contributed by atoms with van der Waals surface area (Å²) in [6, 6.07) is 0. The third-order valence-electron chi connectivity index (χ3n) is 10.5. The van der Waals surface area contributed by atoms with Crippen LogP contribution in [0.4, 0.5) is 0 Å². The summed E-state index contributed by atoms with van der Waals surface area (Å²) >= 11 is 0. The number of rotatable bonds is 6. The van der Waals surface area contributed by atoms with Crippen LogP contribution in [0.15, 0.2) is 35.1 Å². The Kier molecular flexibility index (Phi) is 7.66. The fourth-order valence-electron chi connectivity index (χ4n) is 8.18. The number of hydrogen-bond donors (Lipinski definition) is 0. The lowest BCUT2D eigenvalue weighted by Crippen LogP contribution is -2.46. The van der Waals surface area contributed by atoms with Crippen molar-refractivity contribution in [3.63, 3.8) is 0 Å². The van der Waals surface area contributed by atoms with Crippen molar-refractivity contribution in [1.82, 2.24) is 0 Å². The van der Waals surface area contributed by atoms with Gasteiger partial charge in [-0.2, -0.15) is 0 Å². The Morgan fingerprint density at radius 1 is 1.03 bits per heavy atom. The van der Waals surface area contributed by atoms with Crippen LogP contribution in [0.5, 0.6) is 0 Å². The van der Waals surface area contributed by atoms with Crippen LogP contribution in [-0.2, 0) is 19.1 Å². The van der Waals surface area contributed by atoms with Crippen LogP contribution >= 0.6 is 0 Å². The van der Waals surface area contributed by atoms with Gasteiger partial charge in [-0.25, -0.2) is 0 Å². The van der Waals surface area contributed by atoms with Crippen LogP contribution in [0, 0.1) is 46.3 Å². The van der Waals surface area contributed by atoms with Crippen LogP contribution in [0.3, 0.4) is 0 Å². The molecule has 0 aromatic heterocycles. The second-order valence-corrected chi connectivity index (χ2v) is 13.2. The first kappa shape index (κ1) is 27.2. The summed E-state index contributed by atoms with van der Waals surface area (Å²) in [6.07, 6.45) is 14.3. The van der Waals surface area contributed by atoms with Gasteiger partial charge in [-0.3, -0.25) is 9.59 Å². The molecule has 0 bridgehead atoms. The molecule has 0 radical (unpaired) electrons. The van der Waals surface area contributed by atoms with Gasteiger partial charge in [0.15, 0.2) is 0 Å². The van der Waals surface area contributed by atoms with Gasteiger partial charge in [0.05, 0.1) is 0 Å². The zero-order chi connectivity index (χ0) is 26.4. The van der Waals surface area contributed by atoms with E-state index >= 15 is 0 Å². The first-order valence-electron chi connectivity index (χ1n) is 14.3. The maximum Gasteiger partial charge on any atom is 0.307 e. The monoisotopic (exact) mass is 496 g/mol. The first-order chi connectivity index (χ1) is 16.9. The van der Waals surface area contributed by atoms with E-state index in [9.17, 15) is 9.59 Å². The lowest BCUT2D eigenvalue weighted by Gasteiger charge is -2.54. The third-order valence-corrected chi connectivity index (χ3v) is 10.5. The zero-order valence-corrected chi connectivity index (χ0v) is 23.9. The van der Waals surface area contributed by atoms with E-state index in [0.717, 1.165) is 37.9 Å². The minimum absolute atomic E-state index is 0.00103. The highest BCUT2D eigenvalue weighted by Gasteiger charge is 2.58. The molecular formula is C32H48O4. The maximum atomic E-state index is 12.3. The quantitative estimate of drug-likeness (QED) is 0.278. The number of allylic oxidation sites excluding steroid dienone is 6. The van der Waals surface area contributed by atoms with Crippen LogP contribution in [-0.4, -0.2) is 18.0 Å². The SMILES string of the molecule is CC(=O)OC1=C2C(=CC[C@H]3C[C@H](OC(C)=O)CC[C@]23C)[C@@H]2CC[C@H]([C@H](C)/C=C/[C@H](C)C(C)C)[C@@]2(C)C1. The Balaban J connectivity index is 1.68. The molecule has 0 amide bonds. The third kappa shape index (κ3) is 4.86. The molecule has 0 aromatic rings. The van der Waals surface area contributed by atoms with E-state index in [1.165, 1.54) is 37.8 Å². The molecule has 0 spiro atoms. The number of esters is 2. The second kappa shape index (κ2) is 10.1. The van der Waals surface area contributed by atoms with Gasteiger partial charge in [-0.05, 0) is 96.0 Å². The van der Waals surface area contributed by atoms with Gasteiger partial charge < -0.3 is 9.47 Å². The molecule has 4 aliphatic carbocycles. The highest BCUT2D eigenvalue weighted by molar-refractivity contribution is 5.68. The summed E-state index contributed by atoms with van der Waals surface area (Å²) in [5.41, 5.74) is 2.82. The molecule has 0 unspecified atom stereocenters. The predicted octanol–water partition coefficient (Wildman–Crippen LogP) is 7.79. The smallest absolute Gasteiger partial charge is 0.307 e. The van der Waals surface area contributed by atoms with E-state index < -0.39 is 0 Å². The number of ether oxygens (including phenoxy) is 2. The molecule has 0 aromatic carbocycles. The molecule has 4 heteroatoms. The number of carbonyl (C=O) groups excluding carboxylic acids is 2. The molecule has 36 heavy (non-hydrogen) atoms. The molecule has 0 heterocycles. The van der Waals surface area contributed by atoms with Crippen LogP contribution < -0.4 is 0 Å². The topological polar surface area (TPSA) is 52.6 Å². The molecule has 0 N–H and O–H groups in total. The van der Waals surface area contributed by atoms with Gasteiger partial charge in [0.1, 0.15) is 11.9 Å². The molecule has 4 aliphatic rings. The molecular weight excluding hydrogens is 448 g/mol. The van der Waals surface area contributed by atoms with Crippen LogP contribution in [0.1, 0.15) is 100 Å². The number of carbonyl (C=O) groups is 2. The Labute approximate surface area is 219 Å². The van der Waals surface area contributed by atoms with Crippen molar-refractivity contribution in [1.29, 1.82) is 0 Å². The van der Waals surface area contributed by atoms with Crippen molar-refractivity contribution >= 4 is 11.9 Å². The second-order valence-electron chi connectivity index (χ2n) is 13.2. The predicted molar refractivity (Wildman–Crippen MR) is 144 cm³/mol. The van der Waals surface area contributed by atoms with Crippen molar-refractivity contribution in [2.75, 3.05) is 0 Å². The van der Waals surface area contributed by atoms with Crippen molar-refractivity contribution in [3.8, 4) is 0 Å². The zero-order valence-electron chi connectivity index (χ0n) is 23.9. The molecule has 0 aliphatic heterocycles. The first-order valence-corrected chi connectivity index (χ1v) is 14.3. The number of hydrogen-bond acceptors (Lipinski definition) is 4. The number of fused-ring (bicyclic) bond motifs is 5. The summed E-state index contributed by atoms with van der Waals surface area (Å²) in [6.45, 7) is 17.1. The average Bonchev–Trinajstić information content (AvgIpc) is 3.13.